The van der Waals surface area contributed by atoms with Crippen LogP contribution in [0.15, 0.2) is 48.5 Å². The molecule has 0 aromatic heterocycles. The normalized spacial score (nSPS) is 11.2. The minimum atomic E-state index is -0.558. The summed E-state index contributed by atoms with van der Waals surface area (Å²) < 4.78 is 26.4. The Balaban J connectivity index is 1.65. The lowest BCUT2D eigenvalue weighted by molar-refractivity contribution is -0.154. The maximum atomic E-state index is 12.7. The quantitative estimate of drug-likeness (QED) is 0.0543. The van der Waals surface area contributed by atoms with Crippen molar-refractivity contribution in [2.24, 2.45) is 5.41 Å². The second-order valence-corrected chi connectivity index (χ2v) is 11.1. The van der Waals surface area contributed by atoms with Crippen molar-refractivity contribution < 1.29 is 42.9 Å². The van der Waals surface area contributed by atoms with Crippen molar-refractivity contribution in [2.45, 2.75) is 79.6 Å². The Labute approximate surface area is 260 Å². The van der Waals surface area contributed by atoms with E-state index in [0.29, 0.717) is 30.3 Å². The highest BCUT2D eigenvalue weighted by Crippen LogP contribution is 2.23. The first-order chi connectivity index (χ1) is 21.0. The molecule has 44 heavy (non-hydrogen) atoms. The molecule has 0 N–H and O–H groups in total. The molecule has 0 unspecified atom stereocenters. The van der Waals surface area contributed by atoms with E-state index in [9.17, 15) is 19.2 Å². The van der Waals surface area contributed by atoms with Gasteiger partial charge in [-0.05, 0) is 93.6 Å². The molecular weight excluding hydrogens is 564 g/mol. The Morgan fingerprint density at radius 1 is 0.773 bits per heavy atom. The van der Waals surface area contributed by atoms with Gasteiger partial charge in [-0.2, -0.15) is 0 Å². The van der Waals surface area contributed by atoms with E-state index in [4.69, 9.17) is 23.7 Å². The number of rotatable bonds is 19. The fraction of sp³-hybridized carbons (Fsp3) is 0.486. The molecule has 0 saturated carbocycles. The lowest BCUT2D eigenvalue weighted by atomic mass is 9.91. The number of hydrogen-bond acceptors (Lipinski definition) is 9. The Morgan fingerprint density at radius 3 is 2.05 bits per heavy atom. The number of carbonyl (C=O) groups excluding carboxylic acids is 4. The highest BCUT2D eigenvalue weighted by atomic mass is 16.6. The maximum absolute atomic E-state index is 12.7. The van der Waals surface area contributed by atoms with E-state index in [2.05, 4.69) is 0 Å². The van der Waals surface area contributed by atoms with Gasteiger partial charge >= 0.3 is 23.9 Å². The van der Waals surface area contributed by atoms with Crippen LogP contribution in [0.3, 0.4) is 0 Å². The summed E-state index contributed by atoms with van der Waals surface area (Å²) in [5.74, 6) is -0.491. The highest BCUT2D eigenvalue weighted by molar-refractivity contribution is 5.91. The zero-order valence-electron chi connectivity index (χ0n) is 26.6. The molecule has 0 atom stereocenters. The molecule has 0 amide bonds. The Kier molecular flexibility index (Phi) is 15.7. The van der Waals surface area contributed by atoms with Crippen LogP contribution >= 0.6 is 0 Å². The highest BCUT2D eigenvalue weighted by Gasteiger charge is 2.26. The summed E-state index contributed by atoms with van der Waals surface area (Å²) in [4.78, 5) is 47.1. The van der Waals surface area contributed by atoms with Gasteiger partial charge in [-0.1, -0.05) is 38.7 Å². The number of carbonyl (C=O) groups is 4. The van der Waals surface area contributed by atoms with Gasteiger partial charge in [0.15, 0.2) is 0 Å². The van der Waals surface area contributed by atoms with Gasteiger partial charge < -0.3 is 23.7 Å². The van der Waals surface area contributed by atoms with Crippen molar-refractivity contribution >= 4 is 30.0 Å². The summed E-state index contributed by atoms with van der Waals surface area (Å²) in [6, 6.07) is 12.0. The molecule has 0 spiro atoms. The van der Waals surface area contributed by atoms with Crippen molar-refractivity contribution in [3.63, 3.8) is 0 Å². The fourth-order valence-electron chi connectivity index (χ4n) is 3.88. The lowest BCUT2D eigenvalue weighted by Gasteiger charge is -2.20. The molecule has 9 nitrogen and oxygen atoms in total. The molecule has 0 aliphatic heterocycles. The molecule has 2 aromatic carbocycles. The summed E-state index contributed by atoms with van der Waals surface area (Å²) in [5.41, 5.74) is 1.45. The van der Waals surface area contributed by atoms with E-state index in [1.165, 1.54) is 13.0 Å². The SMILES string of the molecule is CCC(C)(C)C(=O)OCCCCCCCCOc1ccc(C(=O)Oc2ccc(/C=C/C(=O)OCCOC(C)=O)cc2C)cc1. The number of esters is 4. The van der Waals surface area contributed by atoms with Crippen molar-refractivity contribution in [1.82, 2.24) is 0 Å². The first kappa shape index (κ1) is 36.1. The van der Waals surface area contributed by atoms with Gasteiger partial charge in [-0.25, -0.2) is 9.59 Å². The average molecular weight is 611 g/mol. The van der Waals surface area contributed by atoms with Gasteiger partial charge in [0.05, 0.1) is 24.2 Å². The summed E-state index contributed by atoms with van der Waals surface area (Å²) in [5, 5.41) is 0. The molecule has 240 valence electrons. The molecule has 9 heteroatoms. The first-order valence-electron chi connectivity index (χ1n) is 15.2. The van der Waals surface area contributed by atoms with Gasteiger partial charge in [0, 0.05) is 13.0 Å². The first-order valence-corrected chi connectivity index (χ1v) is 15.2. The van der Waals surface area contributed by atoms with E-state index in [0.717, 1.165) is 56.1 Å². The molecule has 0 aliphatic carbocycles. The Hall–Kier alpha value is -4.14. The third-order valence-corrected chi connectivity index (χ3v) is 7.01. The molecule has 0 fully saturated rings. The van der Waals surface area contributed by atoms with Crippen LogP contribution in [0.5, 0.6) is 11.5 Å². The minimum absolute atomic E-state index is 0.00607. The van der Waals surface area contributed by atoms with Crippen molar-refractivity contribution in [2.75, 3.05) is 26.4 Å². The molecule has 0 radical (unpaired) electrons. The standard InChI is InChI=1S/C35H46O9/c1-6-35(4,5)34(39)43-22-12-10-8-7-9-11-21-41-30-17-15-29(16-18-30)33(38)44-31-19-13-28(25-26(31)2)14-20-32(37)42-24-23-40-27(3)36/h13-20,25H,6-12,21-24H2,1-5H3/b20-14+. The molecule has 2 rings (SSSR count). The number of benzene rings is 2. The van der Waals surface area contributed by atoms with Gasteiger partial charge in [0.2, 0.25) is 0 Å². The van der Waals surface area contributed by atoms with Gasteiger partial charge in [-0.15, -0.1) is 0 Å². The van der Waals surface area contributed by atoms with Crippen LogP contribution in [-0.4, -0.2) is 50.3 Å². The smallest absolute Gasteiger partial charge is 0.343 e. The molecule has 0 heterocycles. The van der Waals surface area contributed by atoms with Crippen LogP contribution in [0.1, 0.15) is 94.1 Å². The fourth-order valence-corrected chi connectivity index (χ4v) is 3.88. The molecule has 0 aliphatic rings. The zero-order chi connectivity index (χ0) is 32.4. The maximum Gasteiger partial charge on any atom is 0.343 e. The third kappa shape index (κ3) is 13.9. The molecule has 2 aromatic rings. The van der Waals surface area contributed by atoms with Crippen molar-refractivity contribution in [1.29, 1.82) is 0 Å². The minimum Gasteiger partial charge on any atom is -0.494 e. The van der Waals surface area contributed by atoms with Gasteiger partial charge in [-0.3, -0.25) is 9.59 Å². The van der Waals surface area contributed by atoms with E-state index >= 15 is 0 Å². The van der Waals surface area contributed by atoms with E-state index < -0.39 is 23.3 Å². The number of ether oxygens (including phenoxy) is 5. The summed E-state index contributed by atoms with van der Waals surface area (Å²) in [6.45, 7) is 9.97. The van der Waals surface area contributed by atoms with Crippen LogP contribution in [0.2, 0.25) is 0 Å². The predicted molar refractivity (Wildman–Crippen MR) is 167 cm³/mol. The lowest BCUT2D eigenvalue weighted by Crippen LogP contribution is -2.26. The third-order valence-electron chi connectivity index (χ3n) is 7.01. The van der Waals surface area contributed by atoms with Crippen molar-refractivity contribution in [3.8, 4) is 11.5 Å². The van der Waals surface area contributed by atoms with Gasteiger partial charge in [0.1, 0.15) is 24.7 Å². The number of unbranched alkanes of at least 4 members (excludes halogenated alkanes) is 5. The number of hydrogen-bond donors (Lipinski definition) is 0. The Bertz CT molecular complexity index is 1250. The summed E-state index contributed by atoms with van der Waals surface area (Å²) in [7, 11) is 0. The van der Waals surface area contributed by atoms with Crippen LogP contribution in [-0.2, 0) is 28.6 Å². The predicted octanol–water partition coefficient (Wildman–Crippen LogP) is 7.03. The molecule has 0 bridgehead atoms. The van der Waals surface area contributed by atoms with Crippen LogP contribution < -0.4 is 9.47 Å². The van der Waals surface area contributed by atoms with Crippen LogP contribution in [0, 0.1) is 12.3 Å². The zero-order valence-corrected chi connectivity index (χ0v) is 26.6. The number of aryl methyl sites for hydroxylation is 1. The largest absolute Gasteiger partial charge is 0.494 e. The van der Waals surface area contributed by atoms with Crippen molar-refractivity contribution in [3.05, 3.63) is 65.2 Å². The topological polar surface area (TPSA) is 114 Å². The van der Waals surface area contributed by atoms with E-state index in [-0.39, 0.29) is 19.2 Å². The van der Waals surface area contributed by atoms with Gasteiger partial charge in [0.25, 0.3) is 0 Å². The average Bonchev–Trinajstić information content (AvgIpc) is 3.00. The van der Waals surface area contributed by atoms with E-state index in [1.54, 1.807) is 55.5 Å². The molecule has 0 saturated heterocycles. The monoisotopic (exact) mass is 610 g/mol. The second kappa shape index (κ2) is 19.2. The second-order valence-electron chi connectivity index (χ2n) is 11.1. The molecular formula is C35H46O9. The van der Waals surface area contributed by atoms with E-state index in [1.807, 2.05) is 20.8 Å². The summed E-state index contributed by atoms with van der Waals surface area (Å²) in [6.07, 6.45) is 9.75. The van der Waals surface area contributed by atoms with Crippen LogP contribution in [0.25, 0.3) is 6.08 Å². The van der Waals surface area contributed by atoms with Crippen LogP contribution in [0.4, 0.5) is 0 Å². The Morgan fingerprint density at radius 2 is 1.41 bits per heavy atom. The summed E-state index contributed by atoms with van der Waals surface area (Å²) >= 11 is 0.